The third-order valence-corrected chi connectivity index (χ3v) is 4.14. The third-order valence-electron chi connectivity index (χ3n) is 3.61. The van der Waals surface area contributed by atoms with Gasteiger partial charge in [-0.15, -0.1) is 0 Å². The van der Waals surface area contributed by atoms with Crippen LogP contribution in [-0.2, 0) is 12.1 Å². The lowest BCUT2D eigenvalue weighted by Crippen LogP contribution is -2.32. The number of imidazole rings is 1. The highest BCUT2D eigenvalue weighted by atomic mass is 79.9. The van der Waals surface area contributed by atoms with Crippen LogP contribution in [0.2, 0.25) is 0 Å². The van der Waals surface area contributed by atoms with Crippen LogP contribution in [0.15, 0.2) is 71.7 Å². The summed E-state index contributed by atoms with van der Waals surface area (Å²) in [7, 11) is 0. The molecule has 3 aromatic rings. The van der Waals surface area contributed by atoms with Gasteiger partial charge in [-0.3, -0.25) is 0 Å². The molecule has 3 rings (SSSR count). The summed E-state index contributed by atoms with van der Waals surface area (Å²) >= 11 is 3.39. The average molecular weight is 361 g/mol. The number of hydrogen-bond donors (Lipinski definition) is 1. The van der Waals surface area contributed by atoms with Crippen LogP contribution < -0.4 is 0 Å². The molecule has 1 heterocycles. The molecule has 0 aliphatic rings. The molecular formula is C17H14BrFN2O. The van der Waals surface area contributed by atoms with E-state index < -0.39 is 5.60 Å². The van der Waals surface area contributed by atoms with E-state index in [2.05, 4.69) is 20.9 Å². The van der Waals surface area contributed by atoms with Gasteiger partial charge in [-0.2, -0.15) is 0 Å². The van der Waals surface area contributed by atoms with Crippen molar-refractivity contribution >= 4 is 15.9 Å². The molecule has 0 aliphatic carbocycles. The molecule has 3 nitrogen and oxygen atoms in total. The normalized spacial score (nSPS) is 13.8. The third kappa shape index (κ3) is 2.96. The molecule has 0 fully saturated rings. The van der Waals surface area contributed by atoms with E-state index in [-0.39, 0.29) is 5.82 Å². The number of halogens is 2. The van der Waals surface area contributed by atoms with Crippen molar-refractivity contribution in [3.05, 3.63) is 88.7 Å². The molecule has 0 spiro atoms. The quantitative estimate of drug-likeness (QED) is 0.769. The fraction of sp³-hybridized carbons (Fsp3) is 0.118. The van der Waals surface area contributed by atoms with E-state index in [0.29, 0.717) is 12.1 Å². The van der Waals surface area contributed by atoms with Gasteiger partial charge in [0.25, 0.3) is 0 Å². The minimum Gasteiger partial charge on any atom is -0.378 e. The molecule has 0 amide bonds. The Balaban J connectivity index is 2.08. The molecule has 1 atom stereocenters. The number of aliphatic hydroxyl groups is 1. The molecule has 0 bridgehead atoms. The largest absolute Gasteiger partial charge is 0.378 e. The van der Waals surface area contributed by atoms with Crippen LogP contribution in [0, 0.1) is 5.82 Å². The van der Waals surface area contributed by atoms with Gasteiger partial charge >= 0.3 is 0 Å². The zero-order valence-corrected chi connectivity index (χ0v) is 13.2. The summed E-state index contributed by atoms with van der Waals surface area (Å²) in [6.07, 6.45) is 5.09. The van der Waals surface area contributed by atoms with Crippen molar-refractivity contribution in [1.29, 1.82) is 0 Å². The lowest BCUT2D eigenvalue weighted by Gasteiger charge is -2.30. The smallest absolute Gasteiger partial charge is 0.132 e. The molecule has 2 aromatic carbocycles. The summed E-state index contributed by atoms with van der Waals surface area (Å²) in [4.78, 5) is 4.01. The summed E-state index contributed by atoms with van der Waals surface area (Å²) in [6.45, 7) is 0.292. The molecule has 1 unspecified atom stereocenters. The fourth-order valence-corrected chi connectivity index (χ4v) is 2.71. The molecule has 1 aromatic heterocycles. The molecule has 22 heavy (non-hydrogen) atoms. The van der Waals surface area contributed by atoms with E-state index in [1.807, 2.05) is 24.3 Å². The predicted octanol–water partition coefficient (Wildman–Crippen LogP) is 3.72. The Morgan fingerprint density at radius 1 is 1.05 bits per heavy atom. The van der Waals surface area contributed by atoms with Crippen molar-refractivity contribution in [1.82, 2.24) is 9.55 Å². The first-order chi connectivity index (χ1) is 10.6. The van der Waals surface area contributed by atoms with Crippen LogP contribution in [0.4, 0.5) is 4.39 Å². The van der Waals surface area contributed by atoms with Gasteiger partial charge in [0, 0.05) is 16.9 Å². The lowest BCUT2D eigenvalue weighted by molar-refractivity contribution is 0.0611. The van der Waals surface area contributed by atoms with E-state index in [1.165, 1.54) is 12.1 Å². The second-order valence-electron chi connectivity index (χ2n) is 5.11. The van der Waals surface area contributed by atoms with Crippen LogP contribution in [0.1, 0.15) is 11.1 Å². The van der Waals surface area contributed by atoms with Gasteiger partial charge in [0.2, 0.25) is 0 Å². The second-order valence-corrected chi connectivity index (χ2v) is 6.02. The molecule has 0 saturated heterocycles. The standard InChI is InChI=1S/C17H14BrFN2O/c18-15-5-1-13(2-6-15)17(22,11-21-10-9-20-12-21)14-3-7-16(19)8-4-14/h1-10,12,22H,11H2. The number of benzene rings is 2. The summed E-state index contributed by atoms with van der Waals surface area (Å²) < 4.78 is 15.9. The van der Waals surface area contributed by atoms with Crippen LogP contribution in [0.5, 0.6) is 0 Å². The van der Waals surface area contributed by atoms with Crippen molar-refractivity contribution in [3.8, 4) is 0 Å². The van der Waals surface area contributed by atoms with E-state index in [4.69, 9.17) is 0 Å². The van der Waals surface area contributed by atoms with Crippen LogP contribution >= 0.6 is 15.9 Å². The maximum absolute atomic E-state index is 13.2. The van der Waals surface area contributed by atoms with Gasteiger partial charge in [0.15, 0.2) is 0 Å². The van der Waals surface area contributed by atoms with Crippen molar-refractivity contribution in [2.45, 2.75) is 12.1 Å². The molecule has 0 radical (unpaired) electrons. The van der Waals surface area contributed by atoms with Gasteiger partial charge in [-0.25, -0.2) is 9.37 Å². The van der Waals surface area contributed by atoms with Crippen LogP contribution in [0.3, 0.4) is 0 Å². The molecule has 112 valence electrons. The van der Waals surface area contributed by atoms with Gasteiger partial charge in [-0.1, -0.05) is 40.2 Å². The minimum absolute atomic E-state index is 0.292. The van der Waals surface area contributed by atoms with Gasteiger partial charge in [-0.05, 0) is 35.4 Å². The highest BCUT2D eigenvalue weighted by Gasteiger charge is 2.32. The first-order valence-electron chi connectivity index (χ1n) is 6.78. The maximum atomic E-state index is 13.2. The van der Waals surface area contributed by atoms with Crippen LogP contribution in [-0.4, -0.2) is 14.7 Å². The Hall–Kier alpha value is -1.98. The number of aromatic nitrogens is 2. The van der Waals surface area contributed by atoms with E-state index >= 15 is 0 Å². The summed E-state index contributed by atoms with van der Waals surface area (Å²) in [5, 5.41) is 11.3. The average Bonchev–Trinajstić information content (AvgIpc) is 3.01. The Morgan fingerprint density at radius 3 is 2.18 bits per heavy atom. The topological polar surface area (TPSA) is 38.0 Å². The highest BCUT2D eigenvalue weighted by molar-refractivity contribution is 9.10. The molecule has 0 aliphatic heterocycles. The first kappa shape index (κ1) is 14.9. The van der Waals surface area contributed by atoms with Crippen molar-refractivity contribution in [3.63, 3.8) is 0 Å². The molecular weight excluding hydrogens is 347 g/mol. The monoisotopic (exact) mass is 360 g/mol. The lowest BCUT2D eigenvalue weighted by atomic mass is 9.86. The number of nitrogens with zero attached hydrogens (tertiary/aromatic N) is 2. The SMILES string of the molecule is OC(Cn1ccnc1)(c1ccc(F)cc1)c1ccc(Br)cc1. The van der Waals surface area contributed by atoms with Gasteiger partial charge in [0.1, 0.15) is 11.4 Å². The summed E-state index contributed by atoms with van der Waals surface area (Å²) in [6, 6.07) is 13.4. The maximum Gasteiger partial charge on any atom is 0.132 e. The second kappa shape index (κ2) is 6.02. The van der Waals surface area contributed by atoms with E-state index in [1.54, 1.807) is 35.4 Å². The Labute approximate surface area is 136 Å². The molecule has 1 N–H and O–H groups in total. The van der Waals surface area contributed by atoms with Crippen molar-refractivity contribution in [2.75, 3.05) is 0 Å². The fourth-order valence-electron chi connectivity index (χ4n) is 2.44. The Morgan fingerprint density at radius 2 is 1.64 bits per heavy atom. The van der Waals surface area contributed by atoms with Gasteiger partial charge in [0.05, 0.1) is 12.9 Å². The molecule has 0 saturated carbocycles. The minimum atomic E-state index is -1.27. The zero-order chi connectivity index (χ0) is 15.6. The van der Waals surface area contributed by atoms with Gasteiger partial charge < -0.3 is 9.67 Å². The predicted molar refractivity (Wildman–Crippen MR) is 85.8 cm³/mol. The number of hydrogen-bond acceptors (Lipinski definition) is 2. The van der Waals surface area contributed by atoms with Crippen molar-refractivity contribution in [2.24, 2.45) is 0 Å². The zero-order valence-electron chi connectivity index (χ0n) is 11.7. The number of rotatable bonds is 4. The van der Waals surface area contributed by atoms with Crippen molar-refractivity contribution < 1.29 is 9.50 Å². The molecule has 5 heteroatoms. The van der Waals surface area contributed by atoms with Crippen LogP contribution in [0.25, 0.3) is 0 Å². The van der Waals surface area contributed by atoms with E-state index in [0.717, 1.165) is 10.0 Å². The Bertz CT molecular complexity index is 694. The first-order valence-corrected chi connectivity index (χ1v) is 7.57. The van der Waals surface area contributed by atoms with E-state index in [9.17, 15) is 9.50 Å². The Kier molecular flexibility index (Phi) is 4.09. The summed E-state index contributed by atoms with van der Waals surface area (Å²) in [5.74, 6) is -0.329. The highest BCUT2D eigenvalue weighted by Crippen LogP contribution is 2.32. The summed E-state index contributed by atoms with van der Waals surface area (Å²) in [5.41, 5.74) is 0.0932.